The Balaban J connectivity index is 1.55. The minimum absolute atomic E-state index is 0.0450. The van der Waals surface area contributed by atoms with Crippen molar-refractivity contribution in [1.82, 2.24) is 10.2 Å². The summed E-state index contributed by atoms with van der Waals surface area (Å²) in [4.78, 5) is 15.0. The van der Waals surface area contributed by atoms with Crippen LogP contribution in [0.4, 0.5) is 0 Å². The zero-order valence-electron chi connectivity index (χ0n) is 16.6. The van der Waals surface area contributed by atoms with E-state index in [4.69, 9.17) is 9.47 Å². The molecule has 1 N–H and O–H groups in total. The third kappa shape index (κ3) is 3.96. The highest BCUT2D eigenvalue weighted by atomic mass is 16.5. The smallest absolute Gasteiger partial charge is 0.256 e. The Kier molecular flexibility index (Phi) is 5.49. The van der Waals surface area contributed by atoms with E-state index in [2.05, 4.69) is 5.32 Å². The summed E-state index contributed by atoms with van der Waals surface area (Å²) in [5.41, 5.74) is 3.96. The highest BCUT2D eigenvalue weighted by Crippen LogP contribution is 2.33. The normalized spacial score (nSPS) is 15.3. The molecule has 148 valence electrons. The summed E-state index contributed by atoms with van der Waals surface area (Å²) >= 11 is 0. The summed E-state index contributed by atoms with van der Waals surface area (Å²) in [6.07, 6.45) is -0.178. The van der Waals surface area contributed by atoms with Crippen LogP contribution in [0.2, 0.25) is 0 Å². The Hall–Kier alpha value is -3.31. The minimum Gasteiger partial charge on any atom is -0.497 e. The van der Waals surface area contributed by atoms with Crippen molar-refractivity contribution in [3.8, 4) is 11.5 Å². The number of carbonyl (C=O) groups excluding carboxylic acids is 1. The van der Waals surface area contributed by atoms with Crippen molar-refractivity contribution in [1.29, 1.82) is 0 Å². The van der Waals surface area contributed by atoms with Crippen LogP contribution in [0.15, 0.2) is 72.8 Å². The van der Waals surface area contributed by atoms with Crippen molar-refractivity contribution in [3.63, 3.8) is 0 Å². The summed E-state index contributed by atoms with van der Waals surface area (Å²) in [6, 6.07) is 23.6. The van der Waals surface area contributed by atoms with Gasteiger partial charge in [0.1, 0.15) is 17.7 Å². The van der Waals surface area contributed by atoms with Gasteiger partial charge in [-0.1, -0.05) is 42.5 Å². The maximum atomic E-state index is 13.1. The molecule has 0 spiro atoms. The molecule has 0 aliphatic carbocycles. The van der Waals surface area contributed by atoms with Gasteiger partial charge in [0, 0.05) is 24.2 Å². The number of hydrogen-bond donors (Lipinski definition) is 1. The molecule has 0 bridgehead atoms. The predicted octanol–water partition coefficient (Wildman–Crippen LogP) is 4.15. The van der Waals surface area contributed by atoms with E-state index in [1.54, 1.807) is 14.2 Å². The van der Waals surface area contributed by atoms with Crippen LogP contribution in [0, 0.1) is 0 Å². The molecule has 0 radical (unpaired) electrons. The highest BCUT2D eigenvalue weighted by Gasteiger charge is 2.36. The van der Waals surface area contributed by atoms with E-state index in [1.165, 1.54) is 0 Å². The molecule has 3 aromatic rings. The molecule has 0 saturated heterocycles. The lowest BCUT2D eigenvalue weighted by Crippen LogP contribution is -2.36. The summed E-state index contributed by atoms with van der Waals surface area (Å²) in [7, 11) is 3.31. The molecular weight excluding hydrogens is 364 g/mol. The zero-order chi connectivity index (χ0) is 20.2. The van der Waals surface area contributed by atoms with Crippen LogP contribution in [0.3, 0.4) is 0 Å². The second kappa shape index (κ2) is 8.37. The summed E-state index contributed by atoms with van der Waals surface area (Å²) in [5.74, 6) is 1.68. The number of benzene rings is 3. The lowest BCUT2D eigenvalue weighted by Gasteiger charge is -2.26. The van der Waals surface area contributed by atoms with Crippen molar-refractivity contribution in [2.75, 3.05) is 14.2 Å². The Morgan fingerprint density at radius 1 is 0.828 bits per heavy atom. The van der Waals surface area contributed by atoms with Gasteiger partial charge >= 0.3 is 0 Å². The van der Waals surface area contributed by atoms with Crippen LogP contribution in [-0.2, 0) is 13.1 Å². The average molecular weight is 388 g/mol. The molecule has 3 aromatic carbocycles. The molecule has 1 heterocycles. The van der Waals surface area contributed by atoms with Crippen molar-refractivity contribution < 1.29 is 14.3 Å². The summed E-state index contributed by atoms with van der Waals surface area (Å²) in [5, 5.41) is 3.55. The van der Waals surface area contributed by atoms with Crippen LogP contribution in [-0.4, -0.2) is 25.0 Å². The van der Waals surface area contributed by atoms with Gasteiger partial charge in [0.25, 0.3) is 5.91 Å². The Bertz CT molecular complexity index is 984. The van der Waals surface area contributed by atoms with Crippen LogP contribution < -0.4 is 14.8 Å². The number of amides is 1. The first-order valence-electron chi connectivity index (χ1n) is 9.58. The van der Waals surface area contributed by atoms with Gasteiger partial charge in [-0.25, -0.2) is 0 Å². The van der Waals surface area contributed by atoms with Gasteiger partial charge in [-0.3, -0.25) is 10.1 Å². The van der Waals surface area contributed by atoms with Crippen molar-refractivity contribution in [2.24, 2.45) is 0 Å². The monoisotopic (exact) mass is 388 g/mol. The summed E-state index contributed by atoms with van der Waals surface area (Å²) < 4.78 is 10.5. The Morgan fingerprint density at radius 3 is 2.03 bits per heavy atom. The fourth-order valence-electron chi connectivity index (χ4n) is 3.64. The molecule has 0 aromatic heterocycles. The van der Waals surface area contributed by atoms with E-state index in [9.17, 15) is 4.79 Å². The topological polar surface area (TPSA) is 50.8 Å². The lowest BCUT2D eigenvalue weighted by molar-refractivity contribution is 0.0675. The van der Waals surface area contributed by atoms with E-state index in [0.29, 0.717) is 13.1 Å². The van der Waals surface area contributed by atoms with Crippen molar-refractivity contribution in [2.45, 2.75) is 19.3 Å². The zero-order valence-corrected chi connectivity index (χ0v) is 16.6. The first kappa shape index (κ1) is 19.0. The molecule has 5 nitrogen and oxygen atoms in total. The molecule has 29 heavy (non-hydrogen) atoms. The van der Waals surface area contributed by atoms with E-state index in [0.717, 1.165) is 33.8 Å². The van der Waals surface area contributed by atoms with Gasteiger partial charge in [-0.15, -0.1) is 0 Å². The van der Waals surface area contributed by atoms with Gasteiger partial charge in [0.05, 0.1) is 14.2 Å². The molecule has 5 heteroatoms. The van der Waals surface area contributed by atoms with Crippen molar-refractivity contribution in [3.05, 3.63) is 95.1 Å². The molecule has 1 aliphatic rings. The molecule has 0 fully saturated rings. The highest BCUT2D eigenvalue weighted by molar-refractivity contribution is 5.99. The van der Waals surface area contributed by atoms with E-state index in [1.807, 2.05) is 77.7 Å². The van der Waals surface area contributed by atoms with Crippen LogP contribution in [0.5, 0.6) is 11.5 Å². The maximum Gasteiger partial charge on any atom is 0.256 e. The number of ether oxygens (including phenoxy) is 2. The Labute approximate surface area is 170 Å². The molecule has 1 amide bonds. The quantitative estimate of drug-likeness (QED) is 0.661. The second-order valence-corrected chi connectivity index (χ2v) is 7.00. The van der Waals surface area contributed by atoms with E-state index < -0.39 is 0 Å². The standard InChI is InChI=1S/C24H24N2O3/c1-28-19-11-7-17(8-12-19)15-25-23-21-5-3-4-6-22(21)24(27)26(23)16-18-9-13-20(29-2)14-10-18/h3-14,23,25H,15-16H2,1-2H3. The van der Waals surface area contributed by atoms with Gasteiger partial charge in [0.2, 0.25) is 0 Å². The third-order valence-electron chi connectivity index (χ3n) is 5.23. The molecule has 1 atom stereocenters. The van der Waals surface area contributed by atoms with Gasteiger partial charge in [-0.2, -0.15) is 0 Å². The fraction of sp³-hybridized carbons (Fsp3) is 0.208. The maximum absolute atomic E-state index is 13.1. The first-order valence-corrected chi connectivity index (χ1v) is 9.58. The van der Waals surface area contributed by atoms with Gasteiger partial charge in [0.15, 0.2) is 0 Å². The number of hydrogen-bond acceptors (Lipinski definition) is 4. The number of nitrogens with one attached hydrogen (secondary N) is 1. The molecule has 1 aliphatic heterocycles. The third-order valence-corrected chi connectivity index (χ3v) is 5.23. The van der Waals surface area contributed by atoms with Crippen molar-refractivity contribution >= 4 is 5.91 Å². The molecule has 4 rings (SSSR count). The number of rotatable bonds is 7. The summed E-state index contributed by atoms with van der Waals surface area (Å²) in [6.45, 7) is 1.17. The van der Waals surface area contributed by atoms with Crippen LogP contribution in [0.1, 0.15) is 33.2 Å². The fourth-order valence-corrected chi connectivity index (χ4v) is 3.64. The average Bonchev–Trinajstić information content (AvgIpc) is 3.04. The second-order valence-electron chi connectivity index (χ2n) is 7.00. The predicted molar refractivity (Wildman–Crippen MR) is 112 cm³/mol. The minimum atomic E-state index is -0.178. The SMILES string of the molecule is COc1ccc(CNC2c3ccccc3C(=O)N2Cc2ccc(OC)cc2)cc1. The molecule has 0 saturated carbocycles. The number of fused-ring (bicyclic) bond motifs is 1. The molecular formula is C24H24N2O3. The van der Waals surface area contributed by atoms with Crippen LogP contribution in [0.25, 0.3) is 0 Å². The van der Waals surface area contributed by atoms with E-state index >= 15 is 0 Å². The number of nitrogens with zero attached hydrogens (tertiary/aromatic N) is 1. The largest absolute Gasteiger partial charge is 0.497 e. The molecule has 1 unspecified atom stereocenters. The Morgan fingerprint density at radius 2 is 1.41 bits per heavy atom. The van der Waals surface area contributed by atoms with Gasteiger partial charge in [-0.05, 0) is 41.5 Å². The number of methoxy groups -OCH3 is 2. The first-order chi connectivity index (χ1) is 14.2. The van der Waals surface area contributed by atoms with E-state index in [-0.39, 0.29) is 12.1 Å². The van der Waals surface area contributed by atoms with Crippen LogP contribution >= 0.6 is 0 Å². The van der Waals surface area contributed by atoms with Gasteiger partial charge < -0.3 is 14.4 Å². The lowest BCUT2D eigenvalue weighted by atomic mass is 10.1. The number of carbonyl (C=O) groups is 1.